The molecular weight excluding hydrogens is 276 g/mol. The molecule has 5 nitrogen and oxygen atoms in total. The van der Waals surface area contributed by atoms with E-state index in [1.807, 2.05) is 0 Å². The molecule has 0 atom stereocenters. The van der Waals surface area contributed by atoms with Gasteiger partial charge in [-0.05, 0) is 38.0 Å². The number of hydrogen-bond donors (Lipinski definition) is 1. The van der Waals surface area contributed by atoms with Crippen molar-refractivity contribution in [3.8, 4) is 0 Å². The summed E-state index contributed by atoms with van der Waals surface area (Å²) in [6, 6.07) is 5.39. The summed E-state index contributed by atoms with van der Waals surface area (Å²) in [5.41, 5.74) is 6.46. The number of carbonyl (C=O) groups is 1. The molecule has 1 N–H and O–H groups in total. The van der Waals surface area contributed by atoms with Crippen LogP contribution in [0.25, 0.3) is 0 Å². The number of carbonyl (C=O) groups excluding carboxylic acids is 1. The van der Waals surface area contributed by atoms with Crippen LogP contribution in [-0.4, -0.2) is 21.7 Å². The minimum absolute atomic E-state index is 0.241. The minimum atomic E-state index is -0.241. The van der Waals surface area contributed by atoms with Gasteiger partial charge in [0.25, 0.3) is 5.91 Å². The van der Waals surface area contributed by atoms with Crippen molar-refractivity contribution in [1.82, 2.24) is 15.0 Å². The number of rotatable bonds is 5. The van der Waals surface area contributed by atoms with Gasteiger partial charge < -0.3 is 4.57 Å². The summed E-state index contributed by atoms with van der Waals surface area (Å²) in [5, 5.41) is 4.05. The van der Waals surface area contributed by atoms with Crippen LogP contribution in [0.3, 0.4) is 0 Å². The quantitative estimate of drug-likeness (QED) is 0.681. The highest BCUT2D eigenvalue weighted by atomic mass is 16.2. The van der Waals surface area contributed by atoms with Gasteiger partial charge in [0.1, 0.15) is 0 Å². The van der Waals surface area contributed by atoms with Crippen LogP contribution >= 0.6 is 0 Å². The number of pyridine rings is 1. The molecule has 0 aliphatic carbocycles. The molecule has 0 aliphatic heterocycles. The maximum absolute atomic E-state index is 11.9. The molecule has 0 bridgehead atoms. The van der Waals surface area contributed by atoms with Crippen molar-refractivity contribution in [1.29, 1.82) is 0 Å². The molecule has 116 valence electrons. The summed E-state index contributed by atoms with van der Waals surface area (Å²) in [4.78, 5) is 15.8. The first kappa shape index (κ1) is 15.9. The predicted molar refractivity (Wildman–Crippen MR) is 88.0 cm³/mol. The number of aromatic nitrogens is 2. The third-order valence-corrected chi connectivity index (χ3v) is 3.47. The van der Waals surface area contributed by atoms with Crippen LogP contribution in [0.2, 0.25) is 0 Å². The Morgan fingerprint density at radius 1 is 1.36 bits per heavy atom. The SMILES string of the molecule is Cc1cc(/C=N/NC(=O)c2ccncc2)c(C)n1CC(C)C. The number of nitrogens with one attached hydrogen (secondary N) is 1. The zero-order chi connectivity index (χ0) is 16.1. The molecule has 0 unspecified atom stereocenters. The number of amides is 1. The highest BCUT2D eigenvalue weighted by molar-refractivity contribution is 5.94. The second-order valence-corrected chi connectivity index (χ2v) is 5.77. The summed E-state index contributed by atoms with van der Waals surface area (Å²) >= 11 is 0. The van der Waals surface area contributed by atoms with Gasteiger partial charge in [0, 0.05) is 41.5 Å². The first-order valence-corrected chi connectivity index (χ1v) is 7.39. The normalized spacial score (nSPS) is 11.3. The van der Waals surface area contributed by atoms with Crippen molar-refractivity contribution in [2.75, 3.05) is 0 Å². The maximum atomic E-state index is 11.9. The van der Waals surface area contributed by atoms with Crippen LogP contribution in [0.4, 0.5) is 0 Å². The molecule has 0 aromatic carbocycles. The Hall–Kier alpha value is -2.43. The Kier molecular flexibility index (Phi) is 5.09. The van der Waals surface area contributed by atoms with Crippen LogP contribution < -0.4 is 5.43 Å². The van der Waals surface area contributed by atoms with Gasteiger partial charge in [0.2, 0.25) is 0 Å². The average Bonchev–Trinajstić information content (AvgIpc) is 2.75. The van der Waals surface area contributed by atoms with E-state index in [2.05, 4.69) is 53.8 Å². The van der Waals surface area contributed by atoms with Gasteiger partial charge in [-0.3, -0.25) is 9.78 Å². The summed E-state index contributed by atoms with van der Waals surface area (Å²) in [6.07, 6.45) is 4.86. The van der Waals surface area contributed by atoms with Gasteiger partial charge in [0.05, 0.1) is 6.21 Å². The number of hydrogen-bond acceptors (Lipinski definition) is 3. The van der Waals surface area contributed by atoms with Crippen LogP contribution in [0.15, 0.2) is 35.7 Å². The van der Waals surface area contributed by atoms with Gasteiger partial charge in [-0.2, -0.15) is 5.10 Å². The van der Waals surface area contributed by atoms with Gasteiger partial charge in [-0.15, -0.1) is 0 Å². The molecular formula is C17H22N4O. The fourth-order valence-electron chi connectivity index (χ4n) is 2.33. The van der Waals surface area contributed by atoms with Gasteiger partial charge in [-0.1, -0.05) is 13.8 Å². The standard InChI is InChI=1S/C17H22N4O/c1-12(2)11-21-13(3)9-16(14(21)4)10-19-20-17(22)15-5-7-18-8-6-15/h5-10,12H,11H2,1-4H3,(H,20,22)/b19-10+. The second-order valence-electron chi connectivity index (χ2n) is 5.77. The average molecular weight is 298 g/mol. The van der Waals surface area contributed by atoms with Gasteiger partial charge >= 0.3 is 0 Å². The monoisotopic (exact) mass is 298 g/mol. The van der Waals surface area contributed by atoms with E-state index in [0.717, 1.165) is 17.8 Å². The third-order valence-electron chi connectivity index (χ3n) is 3.47. The maximum Gasteiger partial charge on any atom is 0.271 e. The van der Waals surface area contributed by atoms with E-state index in [0.29, 0.717) is 11.5 Å². The molecule has 0 radical (unpaired) electrons. The van der Waals surface area contributed by atoms with Crippen molar-refractivity contribution >= 4 is 12.1 Å². The Balaban J connectivity index is 2.06. The van der Waals surface area contributed by atoms with E-state index in [1.165, 1.54) is 5.69 Å². The van der Waals surface area contributed by atoms with Crippen molar-refractivity contribution < 1.29 is 4.79 Å². The van der Waals surface area contributed by atoms with Crippen LogP contribution in [0.5, 0.6) is 0 Å². The Bertz CT molecular complexity index is 671. The number of hydrazone groups is 1. The van der Waals surface area contributed by atoms with E-state index in [4.69, 9.17) is 0 Å². The molecule has 0 fully saturated rings. The van der Waals surface area contributed by atoms with Crippen molar-refractivity contribution in [2.45, 2.75) is 34.2 Å². The Morgan fingerprint density at radius 3 is 2.68 bits per heavy atom. The van der Waals surface area contributed by atoms with E-state index in [1.54, 1.807) is 30.7 Å². The Morgan fingerprint density at radius 2 is 2.05 bits per heavy atom. The van der Waals surface area contributed by atoms with Gasteiger partial charge in [-0.25, -0.2) is 5.43 Å². The molecule has 0 aliphatic rings. The lowest BCUT2D eigenvalue weighted by Gasteiger charge is -2.11. The topological polar surface area (TPSA) is 59.3 Å². The first-order valence-electron chi connectivity index (χ1n) is 7.39. The van der Waals surface area contributed by atoms with Crippen molar-refractivity contribution in [3.05, 3.63) is 53.1 Å². The third kappa shape index (κ3) is 3.81. The van der Waals surface area contributed by atoms with Gasteiger partial charge in [0.15, 0.2) is 0 Å². The Labute approximate surface area is 131 Å². The molecule has 2 aromatic rings. The smallest absolute Gasteiger partial charge is 0.271 e. The zero-order valence-corrected chi connectivity index (χ0v) is 13.5. The largest absolute Gasteiger partial charge is 0.348 e. The summed E-state index contributed by atoms with van der Waals surface area (Å²) in [7, 11) is 0. The number of nitrogens with zero attached hydrogens (tertiary/aromatic N) is 3. The molecule has 0 saturated heterocycles. The van der Waals surface area contributed by atoms with Crippen LogP contribution in [-0.2, 0) is 6.54 Å². The predicted octanol–water partition coefficient (Wildman–Crippen LogP) is 2.92. The van der Waals surface area contributed by atoms with E-state index in [-0.39, 0.29) is 5.91 Å². The van der Waals surface area contributed by atoms with Crippen molar-refractivity contribution in [3.63, 3.8) is 0 Å². The fraction of sp³-hybridized carbons (Fsp3) is 0.353. The van der Waals surface area contributed by atoms with E-state index in [9.17, 15) is 4.79 Å². The van der Waals surface area contributed by atoms with Crippen molar-refractivity contribution in [2.24, 2.45) is 11.0 Å². The molecule has 0 saturated carbocycles. The molecule has 2 rings (SSSR count). The first-order chi connectivity index (χ1) is 10.5. The second kappa shape index (κ2) is 7.02. The number of aryl methyl sites for hydroxylation is 1. The lowest BCUT2D eigenvalue weighted by Crippen LogP contribution is -2.17. The lowest BCUT2D eigenvalue weighted by molar-refractivity contribution is 0.0955. The van der Waals surface area contributed by atoms with Crippen LogP contribution in [0.1, 0.15) is 41.2 Å². The molecule has 2 aromatic heterocycles. The molecule has 2 heterocycles. The fourth-order valence-corrected chi connectivity index (χ4v) is 2.33. The minimum Gasteiger partial charge on any atom is -0.348 e. The molecule has 0 spiro atoms. The molecule has 5 heteroatoms. The molecule has 22 heavy (non-hydrogen) atoms. The highest BCUT2D eigenvalue weighted by Crippen LogP contribution is 2.15. The lowest BCUT2D eigenvalue weighted by atomic mass is 10.2. The molecule has 1 amide bonds. The zero-order valence-electron chi connectivity index (χ0n) is 13.5. The summed E-state index contributed by atoms with van der Waals surface area (Å²) < 4.78 is 2.27. The van der Waals surface area contributed by atoms with E-state index < -0.39 is 0 Å². The highest BCUT2D eigenvalue weighted by Gasteiger charge is 2.09. The summed E-state index contributed by atoms with van der Waals surface area (Å²) in [5.74, 6) is 0.343. The van der Waals surface area contributed by atoms with E-state index >= 15 is 0 Å². The van der Waals surface area contributed by atoms with Crippen LogP contribution in [0, 0.1) is 19.8 Å². The summed E-state index contributed by atoms with van der Waals surface area (Å²) in [6.45, 7) is 9.53.